The summed E-state index contributed by atoms with van der Waals surface area (Å²) in [4.78, 5) is 13.9. The molecule has 0 spiro atoms. The van der Waals surface area contributed by atoms with Gasteiger partial charge in [0.2, 0.25) is 0 Å². The van der Waals surface area contributed by atoms with Gasteiger partial charge in [0.05, 0.1) is 17.8 Å². The third-order valence-electron chi connectivity index (χ3n) is 4.07. The lowest BCUT2D eigenvalue weighted by Crippen LogP contribution is -2.29. The SMILES string of the molecule is COCCN(C)C(=O)c1ccc(C=Cc2n[nH]c3ccccc23)cc1. The number of carbonyl (C=O) groups is 1. The highest BCUT2D eigenvalue weighted by molar-refractivity contribution is 5.94. The van der Waals surface area contributed by atoms with Crippen LogP contribution in [0, 0.1) is 0 Å². The van der Waals surface area contributed by atoms with Gasteiger partial charge in [0, 0.05) is 31.7 Å². The number of aromatic amines is 1. The van der Waals surface area contributed by atoms with Crippen molar-refractivity contribution in [2.75, 3.05) is 27.3 Å². The van der Waals surface area contributed by atoms with Crippen LogP contribution in [0.3, 0.4) is 0 Å². The quantitative estimate of drug-likeness (QED) is 0.750. The molecule has 2 aromatic carbocycles. The second kappa shape index (κ2) is 7.77. The van der Waals surface area contributed by atoms with Crippen molar-refractivity contribution in [2.24, 2.45) is 0 Å². The zero-order valence-electron chi connectivity index (χ0n) is 14.4. The largest absolute Gasteiger partial charge is 0.383 e. The maximum atomic E-state index is 12.3. The molecule has 128 valence electrons. The molecule has 0 aliphatic rings. The third kappa shape index (κ3) is 3.95. The first-order valence-corrected chi connectivity index (χ1v) is 8.14. The topological polar surface area (TPSA) is 58.2 Å². The first-order valence-electron chi connectivity index (χ1n) is 8.14. The fourth-order valence-corrected chi connectivity index (χ4v) is 2.57. The standard InChI is InChI=1S/C20H21N3O2/c1-23(13-14-25-2)20(24)16-10-7-15(8-11-16)9-12-19-17-5-3-4-6-18(17)21-22-19/h3-12H,13-14H2,1-2H3,(H,21,22). The average molecular weight is 335 g/mol. The molecule has 0 unspecified atom stereocenters. The van der Waals surface area contributed by atoms with Gasteiger partial charge in [0.25, 0.3) is 5.91 Å². The van der Waals surface area contributed by atoms with Crippen LogP contribution in [0.4, 0.5) is 0 Å². The van der Waals surface area contributed by atoms with Crippen molar-refractivity contribution in [3.05, 3.63) is 65.4 Å². The average Bonchev–Trinajstić information content (AvgIpc) is 3.07. The van der Waals surface area contributed by atoms with Crippen molar-refractivity contribution in [1.82, 2.24) is 15.1 Å². The van der Waals surface area contributed by atoms with Gasteiger partial charge in [-0.25, -0.2) is 0 Å². The van der Waals surface area contributed by atoms with Crippen molar-refractivity contribution in [1.29, 1.82) is 0 Å². The number of H-pyrrole nitrogens is 1. The van der Waals surface area contributed by atoms with Gasteiger partial charge >= 0.3 is 0 Å². The molecular weight excluding hydrogens is 314 g/mol. The van der Waals surface area contributed by atoms with Crippen molar-refractivity contribution in [3.63, 3.8) is 0 Å². The summed E-state index contributed by atoms with van der Waals surface area (Å²) < 4.78 is 5.00. The number of aromatic nitrogens is 2. The number of benzene rings is 2. The molecule has 1 amide bonds. The van der Waals surface area contributed by atoms with Gasteiger partial charge in [0.15, 0.2) is 0 Å². The molecule has 1 N–H and O–H groups in total. The molecule has 0 atom stereocenters. The third-order valence-corrected chi connectivity index (χ3v) is 4.07. The van der Waals surface area contributed by atoms with Gasteiger partial charge in [-0.2, -0.15) is 5.10 Å². The molecule has 0 radical (unpaired) electrons. The van der Waals surface area contributed by atoms with E-state index in [9.17, 15) is 4.79 Å². The highest BCUT2D eigenvalue weighted by Crippen LogP contribution is 2.18. The van der Waals surface area contributed by atoms with Gasteiger partial charge in [-0.15, -0.1) is 0 Å². The van der Waals surface area contributed by atoms with E-state index in [2.05, 4.69) is 10.2 Å². The lowest BCUT2D eigenvalue weighted by molar-refractivity contribution is 0.0744. The van der Waals surface area contributed by atoms with E-state index in [1.54, 1.807) is 19.1 Å². The van der Waals surface area contributed by atoms with E-state index in [0.717, 1.165) is 22.2 Å². The Morgan fingerprint density at radius 3 is 2.68 bits per heavy atom. The van der Waals surface area contributed by atoms with E-state index in [1.807, 2.05) is 60.7 Å². The van der Waals surface area contributed by atoms with Gasteiger partial charge in [-0.05, 0) is 29.8 Å². The number of nitrogens with one attached hydrogen (secondary N) is 1. The van der Waals surface area contributed by atoms with Crippen LogP contribution in [-0.4, -0.2) is 48.3 Å². The van der Waals surface area contributed by atoms with Crippen LogP contribution in [0.25, 0.3) is 23.1 Å². The predicted octanol–water partition coefficient (Wildman–Crippen LogP) is 3.45. The van der Waals surface area contributed by atoms with Crippen LogP contribution < -0.4 is 0 Å². The number of amides is 1. The van der Waals surface area contributed by atoms with E-state index in [-0.39, 0.29) is 5.91 Å². The number of fused-ring (bicyclic) bond motifs is 1. The van der Waals surface area contributed by atoms with Gasteiger partial charge in [-0.1, -0.05) is 36.4 Å². The number of hydrogen-bond acceptors (Lipinski definition) is 3. The van der Waals surface area contributed by atoms with Gasteiger partial charge in [0.1, 0.15) is 0 Å². The van der Waals surface area contributed by atoms with E-state index in [4.69, 9.17) is 4.74 Å². The lowest BCUT2D eigenvalue weighted by Gasteiger charge is -2.16. The molecule has 1 heterocycles. The molecule has 5 nitrogen and oxygen atoms in total. The smallest absolute Gasteiger partial charge is 0.253 e. The second-order valence-corrected chi connectivity index (χ2v) is 5.83. The summed E-state index contributed by atoms with van der Waals surface area (Å²) >= 11 is 0. The molecule has 25 heavy (non-hydrogen) atoms. The highest BCUT2D eigenvalue weighted by atomic mass is 16.5. The number of carbonyl (C=O) groups excluding carboxylic acids is 1. The summed E-state index contributed by atoms with van der Waals surface area (Å²) in [6.07, 6.45) is 3.96. The first kappa shape index (κ1) is 16.9. The molecular formula is C20H21N3O2. The number of para-hydroxylation sites is 1. The summed E-state index contributed by atoms with van der Waals surface area (Å²) in [6, 6.07) is 15.6. The summed E-state index contributed by atoms with van der Waals surface area (Å²) in [5.74, 6) is -0.00845. The Morgan fingerprint density at radius 1 is 1.16 bits per heavy atom. The van der Waals surface area contributed by atoms with Gasteiger partial charge < -0.3 is 9.64 Å². The Morgan fingerprint density at radius 2 is 1.92 bits per heavy atom. The summed E-state index contributed by atoms with van der Waals surface area (Å²) in [5, 5.41) is 8.43. The number of ether oxygens (including phenoxy) is 1. The molecule has 3 aromatic rings. The lowest BCUT2D eigenvalue weighted by atomic mass is 10.1. The Bertz CT molecular complexity index is 881. The number of likely N-dealkylation sites (N-methyl/N-ethyl adjacent to an activating group) is 1. The molecule has 1 aromatic heterocycles. The second-order valence-electron chi connectivity index (χ2n) is 5.83. The predicted molar refractivity (Wildman–Crippen MR) is 100 cm³/mol. The van der Waals surface area contributed by atoms with Crippen LogP contribution in [0.2, 0.25) is 0 Å². The maximum Gasteiger partial charge on any atom is 0.253 e. The van der Waals surface area contributed by atoms with Crippen LogP contribution in [-0.2, 0) is 4.74 Å². The van der Waals surface area contributed by atoms with E-state index in [0.29, 0.717) is 18.7 Å². The zero-order chi connectivity index (χ0) is 17.6. The Kier molecular flexibility index (Phi) is 5.26. The molecule has 0 saturated carbocycles. The van der Waals surface area contributed by atoms with E-state index in [1.165, 1.54) is 0 Å². The minimum atomic E-state index is -0.00845. The number of nitrogens with zero attached hydrogens (tertiary/aromatic N) is 2. The summed E-state index contributed by atoms with van der Waals surface area (Å²) in [6.45, 7) is 1.10. The fourth-order valence-electron chi connectivity index (χ4n) is 2.57. The molecule has 0 aliphatic carbocycles. The Labute approximate surface area is 146 Å². The molecule has 5 heteroatoms. The van der Waals surface area contributed by atoms with E-state index >= 15 is 0 Å². The zero-order valence-corrected chi connectivity index (χ0v) is 14.4. The molecule has 0 bridgehead atoms. The molecule has 0 saturated heterocycles. The minimum absolute atomic E-state index is 0.00845. The van der Waals surface area contributed by atoms with Crippen LogP contribution >= 0.6 is 0 Å². The fraction of sp³-hybridized carbons (Fsp3) is 0.200. The Hall–Kier alpha value is -2.92. The normalized spacial score (nSPS) is 11.3. The number of methoxy groups -OCH3 is 1. The highest BCUT2D eigenvalue weighted by Gasteiger charge is 2.10. The molecule has 3 rings (SSSR count). The molecule has 0 aliphatic heterocycles. The Balaban J connectivity index is 1.71. The van der Waals surface area contributed by atoms with Crippen molar-refractivity contribution in [3.8, 4) is 0 Å². The van der Waals surface area contributed by atoms with Crippen molar-refractivity contribution >= 4 is 29.0 Å². The maximum absolute atomic E-state index is 12.3. The van der Waals surface area contributed by atoms with Crippen molar-refractivity contribution < 1.29 is 9.53 Å². The monoisotopic (exact) mass is 335 g/mol. The van der Waals surface area contributed by atoms with Crippen molar-refractivity contribution in [2.45, 2.75) is 0 Å². The minimum Gasteiger partial charge on any atom is -0.383 e. The summed E-state index contributed by atoms with van der Waals surface area (Å²) in [5.41, 5.74) is 3.60. The van der Waals surface area contributed by atoms with Gasteiger partial charge in [-0.3, -0.25) is 9.89 Å². The summed E-state index contributed by atoms with van der Waals surface area (Å²) in [7, 11) is 3.40. The first-order chi connectivity index (χ1) is 12.2. The van der Waals surface area contributed by atoms with Crippen LogP contribution in [0.15, 0.2) is 48.5 Å². The molecule has 0 fully saturated rings. The van der Waals surface area contributed by atoms with Crippen LogP contribution in [0.5, 0.6) is 0 Å². The number of hydrogen-bond donors (Lipinski definition) is 1. The van der Waals surface area contributed by atoms with Crippen LogP contribution in [0.1, 0.15) is 21.6 Å². The number of rotatable bonds is 6. The van der Waals surface area contributed by atoms with E-state index < -0.39 is 0 Å².